The number of carboxylic acids is 2. The van der Waals surface area contributed by atoms with E-state index in [1.165, 1.54) is 0 Å². The number of aliphatic carboxylic acids is 2. The summed E-state index contributed by atoms with van der Waals surface area (Å²) in [5.74, 6) is -5.25. The molecule has 37 heavy (non-hydrogen) atoms. The van der Waals surface area contributed by atoms with Gasteiger partial charge in [-0.3, -0.25) is 19.2 Å². The van der Waals surface area contributed by atoms with E-state index in [4.69, 9.17) is 4.74 Å². The fraction of sp³-hybridized carbons (Fsp3) is 0.200. The van der Waals surface area contributed by atoms with Crippen molar-refractivity contribution in [1.82, 2.24) is 0 Å². The summed E-state index contributed by atoms with van der Waals surface area (Å²) in [5.41, 5.74) is 1.37. The van der Waals surface area contributed by atoms with Gasteiger partial charge in [0.1, 0.15) is 0 Å². The van der Waals surface area contributed by atoms with Crippen molar-refractivity contribution in [2.24, 2.45) is 0 Å². The Labute approximate surface area is 213 Å². The van der Waals surface area contributed by atoms with Crippen molar-refractivity contribution in [2.75, 3.05) is 0 Å². The van der Waals surface area contributed by atoms with Crippen LogP contribution in [0.1, 0.15) is 48.6 Å². The van der Waals surface area contributed by atoms with Crippen molar-refractivity contribution in [3.05, 3.63) is 96.1 Å². The molecule has 0 bridgehead atoms. The summed E-state index contributed by atoms with van der Waals surface area (Å²) in [5, 5.41) is 22.4. The van der Waals surface area contributed by atoms with Crippen molar-refractivity contribution in [3.63, 3.8) is 0 Å². The Balaban J connectivity index is 1.52. The lowest BCUT2D eigenvalue weighted by molar-refractivity contribution is -0.160. The molecule has 0 aliphatic rings. The van der Waals surface area contributed by atoms with Crippen LogP contribution >= 0.6 is 0 Å². The molecule has 0 heterocycles. The molecule has 4 aromatic carbocycles. The van der Waals surface area contributed by atoms with E-state index in [1.54, 1.807) is 24.3 Å². The number of carbonyl (C=O) groups excluding carboxylic acids is 2. The topological polar surface area (TPSA) is 118 Å². The number of hydrogen-bond acceptors (Lipinski definition) is 5. The largest absolute Gasteiger partial charge is 0.481 e. The highest BCUT2D eigenvalue weighted by atomic mass is 16.6. The van der Waals surface area contributed by atoms with E-state index in [9.17, 15) is 29.4 Å². The maximum absolute atomic E-state index is 12.8. The van der Waals surface area contributed by atoms with Crippen LogP contribution in [-0.4, -0.2) is 34.1 Å². The molecule has 0 saturated heterocycles. The molecule has 2 N–H and O–H groups in total. The van der Waals surface area contributed by atoms with Crippen LogP contribution in [0.2, 0.25) is 0 Å². The number of hydrogen-bond donors (Lipinski definition) is 2. The lowest BCUT2D eigenvalue weighted by atomic mass is 9.88. The molecule has 0 spiro atoms. The number of esters is 2. The molecule has 0 saturated carbocycles. The van der Waals surface area contributed by atoms with Gasteiger partial charge in [-0.2, -0.15) is 0 Å². The second kappa shape index (κ2) is 11.5. The fourth-order valence-electron chi connectivity index (χ4n) is 4.83. The average Bonchev–Trinajstić information content (AvgIpc) is 2.86. The first-order chi connectivity index (χ1) is 17.8. The Hall–Kier alpha value is -4.52. The van der Waals surface area contributed by atoms with E-state index in [0.29, 0.717) is 11.1 Å². The van der Waals surface area contributed by atoms with Gasteiger partial charge in [0.25, 0.3) is 0 Å². The van der Waals surface area contributed by atoms with Crippen molar-refractivity contribution < 1.29 is 34.1 Å². The van der Waals surface area contributed by atoms with Crippen LogP contribution in [-0.2, 0) is 23.9 Å². The van der Waals surface area contributed by atoms with Gasteiger partial charge in [-0.1, -0.05) is 84.9 Å². The molecule has 4 rings (SSSR count). The molecule has 7 heteroatoms. The molecular weight excluding hydrogens is 472 g/mol. The molecule has 0 aliphatic heterocycles. The second-order valence-corrected chi connectivity index (χ2v) is 8.98. The summed E-state index contributed by atoms with van der Waals surface area (Å²) >= 11 is 0. The van der Waals surface area contributed by atoms with E-state index in [1.807, 2.05) is 60.7 Å². The predicted octanol–water partition coefficient (Wildman–Crippen LogP) is 5.66. The lowest BCUT2D eigenvalue weighted by Crippen LogP contribution is -2.20. The molecule has 0 amide bonds. The van der Waals surface area contributed by atoms with Gasteiger partial charge in [-0.25, -0.2) is 0 Å². The first-order valence-corrected chi connectivity index (χ1v) is 11.9. The Morgan fingerprint density at radius 3 is 1.32 bits per heavy atom. The van der Waals surface area contributed by atoms with Gasteiger partial charge in [0, 0.05) is 11.8 Å². The van der Waals surface area contributed by atoms with E-state index in [-0.39, 0.29) is 25.7 Å². The second-order valence-electron chi connectivity index (χ2n) is 8.98. The van der Waals surface area contributed by atoms with Crippen LogP contribution < -0.4 is 0 Å². The molecular formula is C30H26O7. The summed E-state index contributed by atoms with van der Waals surface area (Å²) in [4.78, 5) is 48.6. The number of rotatable bonds is 10. The van der Waals surface area contributed by atoms with Gasteiger partial charge in [-0.15, -0.1) is 0 Å². The minimum Gasteiger partial charge on any atom is -0.481 e. The van der Waals surface area contributed by atoms with Gasteiger partial charge in [0.2, 0.25) is 0 Å². The smallest absolute Gasteiger partial charge is 0.314 e. The van der Waals surface area contributed by atoms with Crippen LogP contribution in [0, 0.1) is 0 Å². The van der Waals surface area contributed by atoms with Crippen LogP contribution in [0.25, 0.3) is 21.5 Å². The van der Waals surface area contributed by atoms with Crippen molar-refractivity contribution in [3.8, 4) is 0 Å². The number of carboxylic acid groups (broad SMARTS) is 2. The van der Waals surface area contributed by atoms with Gasteiger partial charge < -0.3 is 14.9 Å². The molecule has 0 aliphatic carbocycles. The molecule has 7 nitrogen and oxygen atoms in total. The SMILES string of the molecule is O=C(O)CC(CC(=O)OC(=O)CC(CC(=O)O)c1cccc2ccccc12)c1cccc2ccccc12. The highest BCUT2D eigenvalue weighted by molar-refractivity contribution is 5.91. The number of ether oxygens (including phenoxy) is 1. The average molecular weight is 499 g/mol. The van der Waals surface area contributed by atoms with Crippen molar-refractivity contribution in [2.45, 2.75) is 37.5 Å². The summed E-state index contributed by atoms with van der Waals surface area (Å²) < 4.78 is 5.08. The Bertz CT molecular complexity index is 1350. The van der Waals surface area contributed by atoms with Gasteiger partial charge >= 0.3 is 23.9 Å². The van der Waals surface area contributed by atoms with Crippen LogP contribution in [0.5, 0.6) is 0 Å². The molecule has 0 aromatic heterocycles. The zero-order valence-electron chi connectivity index (χ0n) is 20.0. The zero-order valence-corrected chi connectivity index (χ0v) is 20.0. The molecule has 0 radical (unpaired) electrons. The van der Waals surface area contributed by atoms with Crippen LogP contribution in [0.4, 0.5) is 0 Å². The quantitative estimate of drug-likeness (QED) is 0.214. The fourth-order valence-corrected chi connectivity index (χ4v) is 4.83. The monoisotopic (exact) mass is 498 g/mol. The number of carbonyl (C=O) groups is 4. The van der Waals surface area contributed by atoms with Crippen molar-refractivity contribution in [1.29, 1.82) is 0 Å². The summed E-state index contributed by atoms with van der Waals surface area (Å²) in [6.45, 7) is 0. The predicted molar refractivity (Wildman–Crippen MR) is 138 cm³/mol. The van der Waals surface area contributed by atoms with Gasteiger partial charge in [0.15, 0.2) is 0 Å². The third kappa shape index (κ3) is 6.38. The van der Waals surface area contributed by atoms with Gasteiger partial charge in [0.05, 0.1) is 25.7 Å². The van der Waals surface area contributed by atoms with E-state index in [2.05, 4.69) is 0 Å². The highest BCUT2D eigenvalue weighted by Crippen LogP contribution is 2.33. The van der Waals surface area contributed by atoms with E-state index < -0.39 is 35.7 Å². The first-order valence-electron chi connectivity index (χ1n) is 11.9. The molecule has 4 aromatic rings. The first kappa shape index (κ1) is 25.6. The Morgan fingerprint density at radius 2 is 0.919 bits per heavy atom. The molecule has 0 fully saturated rings. The maximum Gasteiger partial charge on any atom is 0.314 e. The molecule has 188 valence electrons. The summed E-state index contributed by atoms with van der Waals surface area (Å²) in [7, 11) is 0. The standard InChI is InChI=1S/C30H26O7/c31-27(32)15-21(25-13-5-9-19-7-1-3-11-23(19)25)17-29(35)37-30(36)18-22(16-28(33)34)26-14-6-10-20-8-2-4-12-24(20)26/h1-14,21-22H,15-18H2,(H,31,32)(H,33,34). The number of fused-ring (bicyclic) bond motifs is 2. The Morgan fingerprint density at radius 1 is 0.541 bits per heavy atom. The van der Waals surface area contributed by atoms with E-state index in [0.717, 1.165) is 21.5 Å². The third-order valence-corrected chi connectivity index (χ3v) is 6.42. The lowest BCUT2D eigenvalue weighted by Gasteiger charge is -2.18. The van der Waals surface area contributed by atoms with Crippen LogP contribution in [0.15, 0.2) is 84.9 Å². The number of benzene rings is 4. The van der Waals surface area contributed by atoms with E-state index >= 15 is 0 Å². The normalized spacial score (nSPS) is 12.6. The van der Waals surface area contributed by atoms with Gasteiger partial charge in [-0.05, 0) is 32.7 Å². The summed E-state index contributed by atoms with van der Waals surface area (Å²) in [6, 6.07) is 25.8. The van der Waals surface area contributed by atoms with Crippen molar-refractivity contribution >= 4 is 45.4 Å². The van der Waals surface area contributed by atoms with Crippen LogP contribution in [0.3, 0.4) is 0 Å². The molecule has 2 atom stereocenters. The minimum atomic E-state index is -1.07. The summed E-state index contributed by atoms with van der Waals surface area (Å²) in [6.07, 6.45) is -1.22. The third-order valence-electron chi connectivity index (χ3n) is 6.42. The molecule has 2 unspecified atom stereocenters. The zero-order chi connectivity index (χ0) is 26.4. The highest BCUT2D eigenvalue weighted by Gasteiger charge is 2.26. The Kier molecular flexibility index (Phi) is 7.93. The maximum atomic E-state index is 12.8. The minimum absolute atomic E-state index is 0.302.